The van der Waals surface area contributed by atoms with E-state index in [4.69, 9.17) is 4.74 Å². The minimum absolute atomic E-state index is 0.0937. The summed E-state index contributed by atoms with van der Waals surface area (Å²) in [5.41, 5.74) is -0.0538. The van der Waals surface area contributed by atoms with Gasteiger partial charge >= 0.3 is 17.5 Å². The van der Waals surface area contributed by atoms with E-state index < -0.39 is 23.4 Å². The number of nitrogens with zero attached hydrogens (tertiary/aromatic N) is 1. The number of benzene rings is 1. The molecule has 208 valence electrons. The van der Waals surface area contributed by atoms with Crippen molar-refractivity contribution in [2.45, 2.75) is 103 Å². The lowest BCUT2D eigenvalue weighted by molar-refractivity contribution is -0.661. The molecule has 1 aromatic carbocycles. The molecular weight excluding hydrogens is 480 g/mol. The zero-order valence-electron chi connectivity index (χ0n) is 23.1. The number of hydrogen-bond donors (Lipinski definition) is 2. The van der Waals surface area contributed by atoms with Gasteiger partial charge in [0.25, 0.3) is 0 Å². The number of esters is 1. The molecule has 1 atom stereocenters. The number of carbonyl (C=O) groups excluding carboxylic acids is 1. The van der Waals surface area contributed by atoms with Crippen LogP contribution in [0.2, 0.25) is 0 Å². The van der Waals surface area contributed by atoms with Crippen molar-refractivity contribution in [1.29, 1.82) is 0 Å². The second-order valence-corrected chi connectivity index (χ2v) is 9.74. The van der Waals surface area contributed by atoms with Gasteiger partial charge in [-0.25, -0.2) is 4.79 Å². The van der Waals surface area contributed by atoms with Crippen LogP contribution >= 0.6 is 0 Å². The van der Waals surface area contributed by atoms with E-state index in [1.807, 2.05) is 18.2 Å². The Kier molecular flexibility index (Phi) is 14.8. The van der Waals surface area contributed by atoms with Gasteiger partial charge < -0.3 is 9.84 Å². The number of nitrogens with one attached hydrogen (secondary N) is 1. The molecule has 1 aromatic heterocycles. The summed E-state index contributed by atoms with van der Waals surface area (Å²) in [6, 6.07) is 9.07. The lowest BCUT2D eigenvalue weighted by Gasteiger charge is -2.14. The van der Waals surface area contributed by atoms with Crippen LogP contribution in [0.5, 0.6) is 0 Å². The Morgan fingerprint density at radius 2 is 1.53 bits per heavy atom. The van der Waals surface area contributed by atoms with E-state index in [0.29, 0.717) is 18.5 Å². The van der Waals surface area contributed by atoms with Gasteiger partial charge in [0, 0.05) is 12.1 Å². The number of unbranched alkanes of at least 4 members (excludes halogenated alkanes) is 10. The Labute approximate surface area is 226 Å². The molecular formula is C31H45N2O5+. The third-order valence-corrected chi connectivity index (χ3v) is 6.70. The molecule has 0 spiro atoms. The fourth-order valence-electron chi connectivity index (χ4n) is 4.59. The van der Waals surface area contributed by atoms with Gasteiger partial charge in [0.1, 0.15) is 5.56 Å². The highest BCUT2D eigenvalue weighted by Crippen LogP contribution is 2.25. The SMILES string of the molecule is CCCCCCCC/C=C\CCCCCCC(C(=O)O)c1c[n+](-c2ccccc2)[nH]c(=O)c1C(=O)OCC. The zero-order chi connectivity index (χ0) is 27.6. The van der Waals surface area contributed by atoms with Crippen molar-refractivity contribution < 1.29 is 24.1 Å². The van der Waals surface area contributed by atoms with Crippen molar-refractivity contribution in [2.75, 3.05) is 6.61 Å². The fraction of sp³-hybridized carbons (Fsp3) is 0.548. The monoisotopic (exact) mass is 525 g/mol. The molecule has 1 unspecified atom stereocenters. The maximum Gasteiger partial charge on any atom is 0.344 e. The lowest BCUT2D eigenvalue weighted by Crippen LogP contribution is -2.44. The van der Waals surface area contributed by atoms with Crippen LogP contribution in [0.15, 0.2) is 53.5 Å². The molecule has 0 radical (unpaired) electrons. The summed E-state index contributed by atoms with van der Waals surface area (Å²) in [7, 11) is 0. The predicted molar refractivity (Wildman–Crippen MR) is 150 cm³/mol. The fourth-order valence-corrected chi connectivity index (χ4v) is 4.59. The van der Waals surface area contributed by atoms with Crippen LogP contribution in [-0.2, 0) is 9.53 Å². The molecule has 2 N–H and O–H groups in total. The number of rotatable bonds is 19. The number of carbonyl (C=O) groups is 2. The first-order valence-electron chi connectivity index (χ1n) is 14.3. The number of carboxylic acids is 1. The summed E-state index contributed by atoms with van der Waals surface area (Å²) in [6.07, 6.45) is 20.2. The molecule has 0 saturated heterocycles. The van der Waals surface area contributed by atoms with Crippen LogP contribution in [0.3, 0.4) is 0 Å². The molecule has 0 saturated carbocycles. The molecule has 7 heteroatoms. The first kappa shape index (κ1) is 31.0. The highest BCUT2D eigenvalue weighted by atomic mass is 16.5. The molecule has 2 aromatic rings. The topological polar surface area (TPSA) is 100 Å². The Morgan fingerprint density at radius 1 is 0.921 bits per heavy atom. The van der Waals surface area contributed by atoms with Crippen LogP contribution in [0.1, 0.15) is 119 Å². The first-order valence-corrected chi connectivity index (χ1v) is 14.3. The summed E-state index contributed by atoms with van der Waals surface area (Å²) in [5, 5.41) is 12.7. The number of aromatic amines is 1. The Hall–Kier alpha value is -3.22. The number of aromatic nitrogens is 2. The maximum absolute atomic E-state index is 12.9. The number of para-hydroxylation sites is 1. The average molecular weight is 526 g/mol. The van der Waals surface area contributed by atoms with Gasteiger partial charge in [0.05, 0.1) is 18.1 Å². The number of carboxylic acid groups (broad SMARTS) is 1. The molecule has 0 aliphatic rings. The van der Waals surface area contributed by atoms with Gasteiger partial charge in [-0.15, -0.1) is 5.10 Å². The van der Waals surface area contributed by atoms with Gasteiger partial charge in [0.2, 0.25) is 11.9 Å². The summed E-state index contributed by atoms with van der Waals surface area (Å²) < 4.78 is 6.55. The third-order valence-electron chi connectivity index (χ3n) is 6.70. The quantitative estimate of drug-likeness (QED) is 0.0926. The smallest absolute Gasteiger partial charge is 0.344 e. The van der Waals surface area contributed by atoms with Crippen molar-refractivity contribution in [3.63, 3.8) is 0 Å². The van der Waals surface area contributed by atoms with E-state index >= 15 is 0 Å². The van der Waals surface area contributed by atoms with Crippen molar-refractivity contribution in [3.05, 3.63) is 70.2 Å². The number of ether oxygens (including phenoxy) is 1. The molecule has 0 fully saturated rings. The first-order chi connectivity index (χ1) is 18.5. The molecule has 0 amide bonds. The lowest BCUT2D eigenvalue weighted by atomic mass is 9.91. The maximum atomic E-state index is 12.9. The van der Waals surface area contributed by atoms with E-state index in [9.17, 15) is 19.5 Å². The minimum atomic E-state index is -1.06. The summed E-state index contributed by atoms with van der Waals surface area (Å²) in [6.45, 7) is 3.98. The highest BCUT2D eigenvalue weighted by molar-refractivity contribution is 5.92. The zero-order valence-corrected chi connectivity index (χ0v) is 23.1. The van der Waals surface area contributed by atoms with Crippen LogP contribution in [0, 0.1) is 0 Å². The Bertz CT molecular complexity index is 1060. The Balaban J connectivity index is 1.94. The second-order valence-electron chi connectivity index (χ2n) is 9.74. The Morgan fingerprint density at radius 3 is 2.13 bits per heavy atom. The minimum Gasteiger partial charge on any atom is -0.481 e. The van der Waals surface area contributed by atoms with Crippen LogP contribution in [-0.4, -0.2) is 28.8 Å². The highest BCUT2D eigenvalue weighted by Gasteiger charge is 2.32. The van der Waals surface area contributed by atoms with Gasteiger partial charge in [-0.3, -0.25) is 9.59 Å². The molecule has 0 aliphatic carbocycles. The van der Waals surface area contributed by atoms with Gasteiger partial charge in [-0.1, -0.05) is 93.3 Å². The molecule has 0 aliphatic heterocycles. The second kappa shape index (κ2) is 18.1. The van der Waals surface area contributed by atoms with E-state index in [1.54, 1.807) is 19.1 Å². The predicted octanol–water partition coefficient (Wildman–Crippen LogP) is 6.64. The average Bonchev–Trinajstić information content (AvgIpc) is 2.91. The van der Waals surface area contributed by atoms with Crippen LogP contribution in [0.25, 0.3) is 5.69 Å². The standard InChI is InChI=1S/C31H44N2O5/c1-3-5-6-7-8-9-10-11-12-13-14-15-16-20-23-26(30(35)36)27-24-33(25-21-18-17-19-22-25)32-29(34)28(27)31(37)38-4-2/h11-12,17-19,21-22,24,26H,3-10,13-16,20,23H2,1-2H3,(H-,32,34,35,36,37)/p+1/b12-11-. The molecule has 7 nitrogen and oxygen atoms in total. The summed E-state index contributed by atoms with van der Waals surface area (Å²) >= 11 is 0. The van der Waals surface area contributed by atoms with Crippen LogP contribution in [0.4, 0.5) is 0 Å². The number of hydrogen-bond acceptors (Lipinski definition) is 4. The molecule has 0 bridgehead atoms. The van der Waals surface area contributed by atoms with Crippen molar-refractivity contribution in [3.8, 4) is 5.69 Å². The van der Waals surface area contributed by atoms with E-state index in [1.165, 1.54) is 49.4 Å². The summed E-state index contributed by atoms with van der Waals surface area (Å²) in [4.78, 5) is 37.8. The number of allylic oxidation sites excluding steroid dienone is 2. The van der Waals surface area contributed by atoms with Crippen molar-refractivity contribution in [2.24, 2.45) is 0 Å². The largest absolute Gasteiger partial charge is 0.481 e. The van der Waals surface area contributed by atoms with Gasteiger partial charge in [-0.05, 0) is 39.0 Å². The summed E-state index contributed by atoms with van der Waals surface area (Å²) in [5.74, 6) is -2.84. The normalized spacial score (nSPS) is 12.1. The van der Waals surface area contributed by atoms with Crippen molar-refractivity contribution >= 4 is 11.9 Å². The van der Waals surface area contributed by atoms with Crippen LogP contribution < -0.4 is 10.2 Å². The molecule has 2 rings (SSSR count). The molecule has 1 heterocycles. The molecule has 38 heavy (non-hydrogen) atoms. The van der Waals surface area contributed by atoms with Gasteiger partial charge in [0.15, 0.2) is 0 Å². The van der Waals surface area contributed by atoms with E-state index in [-0.39, 0.29) is 17.7 Å². The van der Waals surface area contributed by atoms with E-state index in [0.717, 1.165) is 32.1 Å². The van der Waals surface area contributed by atoms with E-state index in [2.05, 4.69) is 24.2 Å². The number of aliphatic carboxylic acids is 1. The van der Waals surface area contributed by atoms with Crippen molar-refractivity contribution in [1.82, 2.24) is 5.10 Å². The third kappa shape index (κ3) is 10.6. The van der Waals surface area contributed by atoms with Gasteiger partial charge in [-0.2, -0.15) is 0 Å². The number of H-pyrrole nitrogens is 1.